The highest BCUT2D eigenvalue weighted by Crippen LogP contribution is 2.17. The molecule has 0 nitrogen and oxygen atoms in total. The molecule has 0 spiro atoms. The number of rotatable bonds is 8. The van der Waals surface area contributed by atoms with E-state index in [9.17, 15) is 0 Å². The van der Waals surface area contributed by atoms with E-state index in [0.717, 1.165) is 11.8 Å². The smallest absolute Gasteiger partial charge is 0.0186 e. The Bertz CT molecular complexity index is 259. The fraction of sp³-hybridized carbons (Fsp3) is 0.571. The first-order valence-electron chi connectivity index (χ1n) is 6.07. The fourth-order valence-corrected chi connectivity index (χ4v) is 2.88. The lowest BCUT2D eigenvalue weighted by Gasteiger charge is -2.09. The van der Waals surface area contributed by atoms with Crippen LogP contribution in [0.1, 0.15) is 37.7 Å². The van der Waals surface area contributed by atoms with Crippen molar-refractivity contribution < 1.29 is 0 Å². The molecule has 1 unspecified atom stereocenters. The van der Waals surface area contributed by atoms with Crippen molar-refractivity contribution in [3.05, 3.63) is 35.9 Å². The van der Waals surface area contributed by atoms with Crippen molar-refractivity contribution in [2.75, 3.05) is 5.33 Å². The molecule has 0 saturated heterocycles. The van der Waals surface area contributed by atoms with Gasteiger partial charge < -0.3 is 0 Å². The summed E-state index contributed by atoms with van der Waals surface area (Å²) < 4.78 is 0. The number of hydrogen-bond donors (Lipinski definition) is 0. The maximum Gasteiger partial charge on any atom is 0.0186 e. The predicted molar refractivity (Wildman–Crippen MR) is 79.7 cm³/mol. The zero-order chi connectivity index (χ0) is 11.6. The van der Waals surface area contributed by atoms with E-state index in [2.05, 4.69) is 62.2 Å². The average Bonchev–Trinajstić information content (AvgIpc) is 2.30. The van der Waals surface area contributed by atoms with Gasteiger partial charge in [0.2, 0.25) is 0 Å². The maximum atomic E-state index is 3.77. The van der Waals surface area contributed by atoms with Crippen LogP contribution in [0, 0.1) is 0 Å². The summed E-state index contributed by atoms with van der Waals surface area (Å²) in [5.41, 5.74) is 1.44. The molecule has 1 aromatic carbocycles. The van der Waals surface area contributed by atoms with Crippen molar-refractivity contribution in [1.82, 2.24) is 0 Å². The lowest BCUT2D eigenvalue weighted by molar-refractivity contribution is 0.622. The standard InChI is InChI=1S/C14H20Br2/c15-11-7-2-1-6-10-14(16)12-13-8-4-3-5-9-13/h3-5,8-9,14H,1-2,6-7,10-12H2. The van der Waals surface area contributed by atoms with Crippen molar-refractivity contribution in [2.24, 2.45) is 0 Å². The number of alkyl halides is 2. The second-order valence-corrected chi connectivity index (χ2v) is 6.27. The average molecular weight is 348 g/mol. The first kappa shape index (κ1) is 14.2. The Morgan fingerprint density at radius 1 is 0.938 bits per heavy atom. The van der Waals surface area contributed by atoms with Crippen LogP contribution >= 0.6 is 31.9 Å². The van der Waals surface area contributed by atoms with Crippen LogP contribution < -0.4 is 0 Å². The summed E-state index contributed by atoms with van der Waals surface area (Å²) >= 11 is 7.24. The Morgan fingerprint density at radius 3 is 2.31 bits per heavy atom. The molecule has 2 heteroatoms. The van der Waals surface area contributed by atoms with E-state index in [1.807, 2.05) is 0 Å². The molecule has 0 heterocycles. The molecule has 0 fully saturated rings. The van der Waals surface area contributed by atoms with E-state index in [1.165, 1.54) is 37.7 Å². The molecular weight excluding hydrogens is 328 g/mol. The lowest BCUT2D eigenvalue weighted by Crippen LogP contribution is -2.02. The van der Waals surface area contributed by atoms with Gasteiger partial charge in [-0.05, 0) is 24.8 Å². The fourth-order valence-electron chi connectivity index (χ4n) is 1.79. The largest absolute Gasteiger partial charge is 0.0928 e. The van der Waals surface area contributed by atoms with Crippen LogP contribution in [0.5, 0.6) is 0 Å². The summed E-state index contributed by atoms with van der Waals surface area (Å²) in [7, 11) is 0. The minimum atomic E-state index is 0.638. The Labute approximate surface area is 116 Å². The summed E-state index contributed by atoms with van der Waals surface area (Å²) in [6, 6.07) is 10.7. The van der Waals surface area contributed by atoms with Gasteiger partial charge in [-0.1, -0.05) is 81.5 Å². The van der Waals surface area contributed by atoms with E-state index < -0.39 is 0 Å². The van der Waals surface area contributed by atoms with Crippen LogP contribution in [0.3, 0.4) is 0 Å². The molecule has 0 aliphatic heterocycles. The molecule has 1 atom stereocenters. The van der Waals surface area contributed by atoms with Gasteiger partial charge in [0.25, 0.3) is 0 Å². The Morgan fingerprint density at radius 2 is 1.62 bits per heavy atom. The summed E-state index contributed by atoms with van der Waals surface area (Å²) in [5, 5.41) is 1.15. The summed E-state index contributed by atoms with van der Waals surface area (Å²) in [6.45, 7) is 0. The van der Waals surface area contributed by atoms with Gasteiger partial charge in [-0.2, -0.15) is 0 Å². The van der Waals surface area contributed by atoms with Crippen LogP contribution in [0.25, 0.3) is 0 Å². The van der Waals surface area contributed by atoms with Crippen molar-refractivity contribution in [3.8, 4) is 0 Å². The SMILES string of the molecule is BrCCCCCCC(Br)Cc1ccccc1. The van der Waals surface area contributed by atoms with Crippen LogP contribution in [0.4, 0.5) is 0 Å². The van der Waals surface area contributed by atoms with E-state index >= 15 is 0 Å². The van der Waals surface area contributed by atoms with Gasteiger partial charge in [0.05, 0.1) is 0 Å². The molecule has 0 saturated carbocycles. The summed E-state index contributed by atoms with van der Waals surface area (Å²) in [4.78, 5) is 0.638. The minimum absolute atomic E-state index is 0.638. The van der Waals surface area contributed by atoms with Crippen molar-refractivity contribution in [2.45, 2.75) is 43.4 Å². The molecule has 0 aliphatic rings. The van der Waals surface area contributed by atoms with Crippen LogP contribution in [-0.4, -0.2) is 10.2 Å². The highest BCUT2D eigenvalue weighted by atomic mass is 79.9. The Balaban J connectivity index is 2.09. The lowest BCUT2D eigenvalue weighted by atomic mass is 10.1. The van der Waals surface area contributed by atoms with Gasteiger partial charge in [0.15, 0.2) is 0 Å². The van der Waals surface area contributed by atoms with Crippen molar-refractivity contribution in [3.63, 3.8) is 0 Å². The predicted octanol–water partition coefficient (Wildman–Crippen LogP) is 5.34. The van der Waals surface area contributed by atoms with Gasteiger partial charge in [-0.15, -0.1) is 0 Å². The number of halogens is 2. The monoisotopic (exact) mass is 346 g/mol. The second kappa shape index (κ2) is 9.23. The van der Waals surface area contributed by atoms with E-state index in [0.29, 0.717) is 4.83 Å². The summed E-state index contributed by atoms with van der Waals surface area (Å²) in [6.07, 6.45) is 7.82. The third-order valence-electron chi connectivity index (χ3n) is 2.70. The molecule has 1 rings (SSSR count). The van der Waals surface area contributed by atoms with Crippen LogP contribution in [-0.2, 0) is 6.42 Å². The quantitative estimate of drug-likeness (QED) is 0.440. The molecule has 16 heavy (non-hydrogen) atoms. The number of hydrogen-bond acceptors (Lipinski definition) is 0. The number of benzene rings is 1. The third kappa shape index (κ3) is 6.70. The topological polar surface area (TPSA) is 0 Å². The van der Waals surface area contributed by atoms with Gasteiger partial charge in [0, 0.05) is 10.2 Å². The molecule has 90 valence electrons. The van der Waals surface area contributed by atoms with Gasteiger partial charge >= 0.3 is 0 Å². The Hall–Kier alpha value is 0.180. The molecule has 0 amide bonds. The highest BCUT2D eigenvalue weighted by molar-refractivity contribution is 9.09. The van der Waals surface area contributed by atoms with E-state index in [1.54, 1.807) is 0 Å². The Kier molecular flexibility index (Phi) is 8.22. The van der Waals surface area contributed by atoms with Crippen molar-refractivity contribution in [1.29, 1.82) is 0 Å². The highest BCUT2D eigenvalue weighted by Gasteiger charge is 2.04. The van der Waals surface area contributed by atoms with Crippen LogP contribution in [0.15, 0.2) is 30.3 Å². The normalized spacial score (nSPS) is 12.6. The molecule has 1 aromatic rings. The maximum absolute atomic E-state index is 3.77. The molecule has 0 N–H and O–H groups in total. The zero-order valence-corrected chi connectivity index (χ0v) is 12.8. The number of unbranched alkanes of at least 4 members (excludes halogenated alkanes) is 3. The first-order valence-corrected chi connectivity index (χ1v) is 8.10. The summed E-state index contributed by atoms with van der Waals surface area (Å²) in [5.74, 6) is 0. The molecule has 0 bridgehead atoms. The molecule has 0 radical (unpaired) electrons. The van der Waals surface area contributed by atoms with E-state index in [4.69, 9.17) is 0 Å². The van der Waals surface area contributed by atoms with Crippen molar-refractivity contribution >= 4 is 31.9 Å². The van der Waals surface area contributed by atoms with Crippen LogP contribution in [0.2, 0.25) is 0 Å². The molecule has 0 aliphatic carbocycles. The minimum Gasteiger partial charge on any atom is -0.0928 e. The second-order valence-electron chi connectivity index (χ2n) is 4.18. The van der Waals surface area contributed by atoms with E-state index in [-0.39, 0.29) is 0 Å². The zero-order valence-electron chi connectivity index (χ0n) is 9.67. The van der Waals surface area contributed by atoms with Gasteiger partial charge in [-0.25, -0.2) is 0 Å². The van der Waals surface area contributed by atoms with Gasteiger partial charge in [-0.3, -0.25) is 0 Å². The van der Waals surface area contributed by atoms with Gasteiger partial charge in [0.1, 0.15) is 0 Å². The first-order chi connectivity index (χ1) is 7.83. The molecule has 0 aromatic heterocycles. The molecular formula is C14H20Br2. The third-order valence-corrected chi connectivity index (χ3v) is 4.04.